The highest BCUT2D eigenvalue weighted by Gasteiger charge is 2.71. The van der Waals surface area contributed by atoms with E-state index >= 15 is 0 Å². The van der Waals surface area contributed by atoms with Crippen molar-refractivity contribution < 1.29 is 4.74 Å². The predicted molar refractivity (Wildman–Crippen MR) is 59.6 cm³/mol. The summed E-state index contributed by atoms with van der Waals surface area (Å²) in [6.07, 6.45) is 2.50. The average molecular weight is 217 g/mol. The predicted octanol–water partition coefficient (Wildman–Crippen LogP) is 3.31. The summed E-state index contributed by atoms with van der Waals surface area (Å²) in [4.78, 5) is 0. The second kappa shape index (κ2) is 3.38. The Labute approximate surface area is 92.2 Å². The Morgan fingerprint density at radius 1 is 1.43 bits per heavy atom. The molecule has 82 valence electrons. The number of alkyl halides is 1. The molecular weight excluding hydrogens is 196 g/mol. The number of rotatable bonds is 3. The van der Waals surface area contributed by atoms with Gasteiger partial charge in [0.05, 0.1) is 6.61 Å². The highest BCUT2D eigenvalue weighted by molar-refractivity contribution is 6.18. The Kier molecular flexibility index (Phi) is 2.60. The van der Waals surface area contributed by atoms with E-state index in [4.69, 9.17) is 16.3 Å². The summed E-state index contributed by atoms with van der Waals surface area (Å²) in [5.41, 5.74) is 0.910. The van der Waals surface area contributed by atoms with Crippen LogP contribution in [0.2, 0.25) is 0 Å². The zero-order valence-electron chi connectivity index (χ0n) is 9.48. The zero-order chi connectivity index (χ0) is 10.4. The molecule has 2 fully saturated rings. The molecule has 3 atom stereocenters. The van der Waals surface area contributed by atoms with Crippen LogP contribution in [0.15, 0.2) is 0 Å². The molecule has 1 aliphatic heterocycles. The Hall–Kier alpha value is 0.250. The highest BCUT2D eigenvalue weighted by atomic mass is 35.5. The van der Waals surface area contributed by atoms with Gasteiger partial charge in [0.15, 0.2) is 0 Å². The highest BCUT2D eigenvalue weighted by Crippen LogP contribution is 2.75. The minimum atomic E-state index is 0.432. The molecule has 0 radical (unpaired) electrons. The Morgan fingerprint density at radius 2 is 2.14 bits per heavy atom. The van der Waals surface area contributed by atoms with Gasteiger partial charge in [-0.25, -0.2) is 0 Å². The van der Waals surface area contributed by atoms with Crippen LogP contribution in [0.25, 0.3) is 0 Å². The Balaban J connectivity index is 2.19. The second-order valence-electron chi connectivity index (χ2n) is 5.38. The van der Waals surface area contributed by atoms with E-state index in [1.165, 1.54) is 12.8 Å². The first-order chi connectivity index (χ1) is 6.61. The molecule has 1 aliphatic carbocycles. The fraction of sp³-hybridized carbons (Fsp3) is 1.00. The molecule has 1 saturated heterocycles. The van der Waals surface area contributed by atoms with Gasteiger partial charge >= 0.3 is 0 Å². The van der Waals surface area contributed by atoms with E-state index < -0.39 is 0 Å². The van der Waals surface area contributed by atoms with Crippen molar-refractivity contribution in [3.8, 4) is 0 Å². The van der Waals surface area contributed by atoms with Crippen molar-refractivity contribution in [3.63, 3.8) is 0 Å². The van der Waals surface area contributed by atoms with E-state index in [9.17, 15) is 0 Å². The van der Waals surface area contributed by atoms with Gasteiger partial charge in [-0.2, -0.15) is 0 Å². The molecule has 14 heavy (non-hydrogen) atoms. The summed E-state index contributed by atoms with van der Waals surface area (Å²) >= 11 is 6.08. The van der Waals surface area contributed by atoms with Gasteiger partial charge in [0, 0.05) is 12.5 Å². The van der Waals surface area contributed by atoms with Crippen LogP contribution in [0.3, 0.4) is 0 Å². The fourth-order valence-electron chi connectivity index (χ4n) is 4.07. The van der Waals surface area contributed by atoms with Crippen LogP contribution in [0.1, 0.15) is 33.6 Å². The lowest BCUT2D eigenvalue weighted by Gasteiger charge is -2.25. The summed E-state index contributed by atoms with van der Waals surface area (Å²) in [6, 6.07) is 0. The summed E-state index contributed by atoms with van der Waals surface area (Å²) < 4.78 is 5.53. The van der Waals surface area contributed by atoms with Gasteiger partial charge in [-0.3, -0.25) is 0 Å². The summed E-state index contributed by atoms with van der Waals surface area (Å²) in [5.74, 6) is 2.27. The third-order valence-electron chi connectivity index (χ3n) is 5.01. The zero-order valence-corrected chi connectivity index (χ0v) is 10.2. The fourth-order valence-corrected chi connectivity index (χ4v) is 4.74. The molecule has 0 bridgehead atoms. The number of hydrogen-bond acceptors (Lipinski definition) is 1. The standard InChI is InChI=1S/C12H21ClO/c1-4-12(9-5-6-14-8-9)10(7-13)11(12,2)3/h9-10H,4-8H2,1-3H3. The minimum Gasteiger partial charge on any atom is -0.381 e. The quantitative estimate of drug-likeness (QED) is 0.658. The van der Waals surface area contributed by atoms with E-state index in [-0.39, 0.29) is 0 Å². The molecule has 3 unspecified atom stereocenters. The van der Waals surface area contributed by atoms with E-state index in [1.807, 2.05) is 0 Å². The number of hydrogen-bond donors (Lipinski definition) is 0. The summed E-state index contributed by atoms with van der Waals surface area (Å²) in [5, 5.41) is 0. The van der Waals surface area contributed by atoms with Crippen LogP contribution < -0.4 is 0 Å². The van der Waals surface area contributed by atoms with Crippen LogP contribution in [-0.2, 0) is 4.74 Å². The van der Waals surface area contributed by atoms with Crippen molar-refractivity contribution in [1.29, 1.82) is 0 Å². The first-order valence-electron chi connectivity index (χ1n) is 5.75. The molecule has 2 rings (SSSR count). The van der Waals surface area contributed by atoms with Gasteiger partial charge < -0.3 is 4.74 Å². The van der Waals surface area contributed by atoms with Crippen molar-refractivity contribution >= 4 is 11.6 Å². The van der Waals surface area contributed by atoms with Gasteiger partial charge in [0.1, 0.15) is 0 Å². The molecule has 1 saturated carbocycles. The van der Waals surface area contributed by atoms with E-state index in [2.05, 4.69) is 20.8 Å². The maximum Gasteiger partial charge on any atom is 0.0500 e. The summed E-state index contributed by atoms with van der Waals surface area (Å²) in [6.45, 7) is 8.98. The second-order valence-corrected chi connectivity index (χ2v) is 5.69. The monoisotopic (exact) mass is 216 g/mol. The molecular formula is C12H21ClO. The van der Waals surface area contributed by atoms with E-state index in [0.29, 0.717) is 16.7 Å². The Bertz CT molecular complexity index is 220. The maximum absolute atomic E-state index is 6.08. The molecule has 0 amide bonds. The first-order valence-corrected chi connectivity index (χ1v) is 6.28. The van der Waals surface area contributed by atoms with E-state index in [0.717, 1.165) is 25.0 Å². The molecule has 0 aromatic carbocycles. The van der Waals surface area contributed by atoms with Crippen LogP contribution >= 0.6 is 11.6 Å². The normalized spacial score (nSPS) is 45.4. The molecule has 0 aromatic rings. The summed E-state index contributed by atoms with van der Waals surface area (Å²) in [7, 11) is 0. The number of ether oxygens (including phenoxy) is 1. The van der Waals surface area contributed by atoms with Crippen molar-refractivity contribution in [2.45, 2.75) is 33.6 Å². The lowest BCUT2D eigenvalue weighted by Crippen LogP contribution is -2.21. The van der Waals surface area contributed by atoms with Crippen LogP contribution in [0.4, 0.5) is 0 Å². The number of halogens is 1. The third-order valence-corrected chi connectivity index (χ3v) is 5.32. The average Bonchev–Trinajstić information content (AvgIpc) is 2.60. The van der Waals surface area contributed by atoms with Crippen LogP contribution in [-0.4, -0.2) is 19.1 Å². The van der Waals surface area contributed by atoms with E-state index in [1.54, 1.807) is 0 Å². The van der Waals surface area contributed by atoms with Crippen molar-refractivity contribution in [3.05, 3.63) is 0 Å². The molecule has 1 nitrogen and oxygen atoms in total. The van der Waals surface area contributed by atoms with Gasteiger partial charge in [-0.15, -0.1) is 11.6 Å². The third kappa shape index (κ3) is 1.12. The largest absolute Gasteiger partial charge is 0.381 e. The Morgan fingerprint density at radius 3 is 2.50 bits per heavy atom. The van der Waals surface area contributed by atoms with Crippen molar-refractivity contribution in [2.75, 3.05) is 19.1 Å². The lowest BCUT2D eigenvalue weighted by molar-refractivity contribution is 0.150. The first kappa shape index (κ1) is 10.8. The maximum atomic E-state index is 6.08. The smallest absolute Gasteiger partial charge is 0.0500 e. The van der Waals surface area contributed by atoms with Gasteiger partial charge in [0.2, 0.25) is 0 Å². The minimum absolute atomic E-state index is 0.432. The molecule has 2 aliphatic rings. The van der Waals surface area contributed by atoms with Crippen LogP contribution in [0, 0.1) is 22.7 Å². The molecule has 0 N–H and O–H groups in total. The lowest BCUT2D eigenvalue weighted by atomic mass is 9.79. The topological polar surface area (TPSA) is 9.23 Å². The SMILES string of the molecule is CCC1(C2CCOC2)C(CCl)C1(C)C. The van der Waals surface area contributed by atoms with Crippen LogP contribution in [0.5, 0.6) is 0 Å². The van der Waals surface area contributed by atoms with Crippen molar-refractivity contribution in [1.82, 2.24) is 0 Å². The van der Waals surface area contributed by atoms with Gasteiger partial charge in [-0.1, -0.05) is 20.8 Å². The van der Waals surface area contributed by atoms with Gasteiger partial charge in [0.25, 0.3) is 0 Å². The van der Waals surface area contributed by atoms with Crippen molar-refractivity contribution in [2.24, 2.45) is 22.7 Å². The molecule has 0 spiro atoms. The molecule has 0 aromatic heterocycles. The molecule has 2 heteroatoms. The molecule has 1 heterocycles. The van der Waals surface area contributed by atoms with Gasteiger partial charge in [-0.05, 0) is 35.5 Å².